The highest BCUT2D eigenvalue weighted by Crippen LogP contribution is 1.82. The molecule has 0 bridgehead atoms. The number of aromatic amines is 1. The highest BCUT2D eigenvalue weighted by molar-refractivity contribution is 5.85. The number of hydrogen-bond donors (Lipinski definition) is 1. The Morgan fingerprint density at radius 3 is 2.57 bits per heavy atom. The Balaban J connectivity index is 0.000000360. The topological polar surface area (TPSA) is 28.7 Å². The van der Waals surface area contributed by atoms with Crippen molar-refractivity contribution in [1.82, 2.24) is 10.2 Å². The standard InChI is InChI=1S/C4H6N2.ClH/c1-4-2-3-5-6-4;/h2-3H,1H3,(H,5,6);1H. The molecule has 0 spiro atoms. The highest BCUT2D eigenvalue weighted by atomic mass is 35.5. The summed E-state index contributed by atoms with van der Waals surface area (Å²) < 4.78 is 0. The summed E-state index contributed by atoms with van der Waals surface area (Å²) in [5.74, 6) is 0. The van der Waals surface area contributed by atoms with E-state index in [1.807, 2.05) is 13.0 Å². The Morgan fingerprint density at radius 1 is 1.71 bits per heavy atom. The number of nitrogens with zero attached hydrogens (tertiary/aromatic N) is 1. The summed E-state index contributed by atoms with van der Waals surface area (Å²) in [6.07, 6.45) is 1.80. The lowest BCUT2D eigenvalue weighted by Crippen LogP contribution is -1.65. The summed E-state index contributed by atoms with van der Waals surface area (Å²) in [6.45, 7) is 1.94. The SMILES string of the molecule is Cc1cc[nH]n1.Cl. The van der Waals surface area contributed by atoms with Crippen molar-refractivity contribution in [2.75, 3.05) is 0 Å². The molecular weight excluding hydrogens is 112 g/mol. The summed E-state index contributed by atoms with van der Waals surface area (Å²) >= 11 is 0. The zero-order chi connectivity index (χ0) is 4.41. The molecule has 1 rings (SSSR count). The first kappa shape index (κ1) is 6.50. The van der Waals surface area contributed by atoms with Crippen LogP contribution in [0.15, 0.2) is 12.3 Å². The molecule has 3 heteroatoms. The second kappa shape index (κ2) is 2.64. The first-order valence-corrected chi connectivity index (χ1v) is 1.86. The molecule has 0 saturated heterocycles. The summed E-state index contributed by atoms with van der Waals surface area (Å²) in [6, 6.07) is 1.92. The van der Waals surface area contributed by atoms with Gasteiger partial charge in [0, 0.05) is 6.20 Å². The fourth-order valence-corrected chi connectivity index (χ4v) is 0.334. The van der Waals surface area contributed by atoms with Crippen molar-refractivity contribution in [3.05, 3.63) is 18.0 Å². The minimum atomic E-state index is 0. The monoisotopic (exact) mass is 118 g/mol. The van der Waals surface area contributed by atoms with Gasteiger partial charge in [0.25, 0.3) is 0 Å². The molecule has 0 atom stereocenters. The Hall–Kier alpha value is -0.500. The van der Waals surface area contributed by atoms with E-state index in [2.05, 4.69) is 10.2 Å². The number of rotatable bonds is 0. The molecule has 1 heterocycles. The smallest absolute Gasteiger partial charge is 0.0591 e. The van der Waals surface area contributed by atoms with Crippen LogP contribution in [0, 0.1) is 6.92 Å². The van der Waals surface area contributed by atoms with Crippen molar-refractivity contribution < 1.29 is 0 Å². The lowest BCUT2D eigenvalue weighted by molar-refractivity contribution is 1.05. The van der Waals surface area contributed by atoms with Gasteiger partial charge in [0.15, 0.2) is 0 Å². The number of aromatic nitrogens is 2. The number of nitrogens with one attached hydrogen (secondary N) is 1. The fourth-order valence-electron chi connectivity index (χ4n) is 0.334. The molecule has 40 valence electrons. The molecule has 1 aromatic heterocycles. The second-order valence-corrected chi connectivity index (χ2v) is 1.22. The first-order chi connectivity index (χ1) is 2.89. The van der Waals surface area contributed by atoms with Gasteiger partial charge < -0.3 is 0 Å². The van der Waals surface area contributed by atoms with Crippen LogP contribution >= 0.6 is 12.4 Å². The van der Waals surface area contributed by atoms with Gasteiger partial charge in [-0.3, -0.25) is 5.10 Å². The minimum Gasteiger partial charge on any atom is -0.285 e. The molecule has 0 aliphatic rings. The zero-order valence-electron chi connectivity index (χ0n) is 4.01. The molecule has 0 aliphatic heterocycles. The van der Waals surface area contributed by atoms with E-state index in [1.165, 1.54) is 0 Å². The highest BCUT2D eigenvalue weighted by Gasteiger charge is 1.74. The maximum atomic E-state index is 3.79. The summed E-state index contributed by atoms with van der Waals surface area (Å²) in [5, 5.41) is 6.47. The van der Waals surface area contributed by atoms with E-state index in [-0.39, 0.29) is 12.4 Å². The third kappa shape index (κ3) is 1.59. The third-order valence-electron chi connectivity index (χ3n) is 0.640. The minimum absolute atomic E-state index is 0. The van der Waals surface area contributed by atoms with Gasteiger partial charge in [-0.25, -0.2) is 0 Å². The van der Waals surface area contributed by atoms with Crippen molar-refractivity contribution in [2.24, 2.45) is 0 Å². The number of halogens is 1. The molecule has 1 aromatic rings. The third-order valence-corrected chi connectivity index (χ3v) is 0.640. The van der Waals surface area contributed by atoms with Crippen LogP contribution in [-0.4, -0.2) is 10.2 Å². The maximum Gasteiger partial charge on any atom is 0.0591 e. The maximum absolute atomic E-state index is 3.79. The zero-order valence-corrected chi connectivity index (χ0v) is 4.83. The van der Waals surface area contributed by atoms with Gasteiger partial charge >= 0.3 is 0 Å². The summed E-state index contributed by atoms with van der Waals surface area (Å²) in [5.41, 5.74) is 1.04. The molecule has 0 radical (unpaired) electrons. The Labute approximate surface area is 48.3 Å². The van der Waals surface area contributed by atoms with Crippen molar-refractivity contribution >= 4 is 12.4 Å². The van der Waals surface area contributed by atoms with E-state index in [1.54, 1.807) is 6.20 Å². The van der Waals surface area contributed by atoms with E-state index in [4.69, 9.17) is 0 Å². The lowest BCUT2D eigenvalue weighted by atomic mass is 10.5. The van der Waals surface area contributed by atoms with Crippen LogP contribution in [0.5, 0.6) is 0 Å². The van der Waals surface area contributed by atoms with Gasteiger partial charge in [-0.1, -0.05) is 0 Å². The largest absolute Gasteiger partial charge is 0.285 e. The van der Waals surface area contributed by atoms with E-state index in [9.17, 15) is 0 Å². The number of hydrogen-bond acceptors (Lipinski definition) is 1. The first-order valence-electron chi connectivity index (χ1n) is 1.86. The molecule has 0 aliphatic carbocycles. The quantitative estimate of drug-likeness (QED) is 0.544. The van der Waals surface area contributed by atoms with E-state index in [0.29, 0.717) is 0 Å². The van der Waals surface area contributed by atoms with Crippen LogP contribution in [0.25, 0.3) is 0 Å². The average molecular weight is 119 g/mol. The van der Waals surface area contributed by atoms with Crippen molar-refractivity contribution in [2.45, 2.75) is 6.92 Å². The van der Waals surface area contributed by atoms with E-state index >= 15 is 0 Å². The van der Waals surface area contributed by atoms with E-state index < -0.39 is 0 Å². The molecule has 2 nitrogen and oxygen atoms in total. The molecule has 1 N–H and O–H groups in total. The Kier molecular flexibility index (Phi) is 2.45. The summed E-state index contributed by atoms with van der Waals surface area (Å²) in [7, 11) is 0. The Bertz CT molecular complexity index is 113. The fraction of sp³-hybridized carbons (Fsp3) is 0.250. The van der Waals surface area contributed by atoms with Crippen LogP contribution in [-0.2, 0) is 0 Å². The molecule has 0 amide bonds. The van der Waals surface area contributed by atoms with Gasteiger partial charge in [-0.05, 0) is 13.0 Å². The molecular formula is C4H7ClN2. The average Bonchev–Trinajstić information content (AvgIpc) is 1.86. The van der Waals surface area contributed by atoms with E-state index in [0.717, 1.165) is 5.69 Å². The molecule has 0 aromatic carbocycles. The number of H-pyrrole nitrogens is 1. The Morgan fingerprint density at radius 2 is 2.43 bits per heavy atom. The predicted octanol–water partition coefficient (Wildman–Crippen LogP) is 1.14. The predicted molar refractivity (Wildman–Crippen MR) is 30.6 cm³/mol. The summed E-state index contributed by atoms with van der Waals surface area (Å²) in [4.78, 5) is 0. The van der Waals surface area contributed by atoms with Crippen LogP contribution < -0.4 is 0 Å². The molecule has 0 unspecified atom stereocenters. The van der Waals surface area contributed by atoms with Crippen LogP contribution in [0.4, 0.5) is 0 Å². The van der Waals surface area contributed by atoms with Gasteiger partial charge in [-0.2, -0.15) is 5.10 Å². The number of aryl methyl sites for hydroxylation is 1. The van der Waals surface area contributed by atoms with Gasteiger partial charge in [0.1, 0.15) is 0 Å². The van der Waals surface area contributed by atoms with Crippen LogP contribution in [0.3, 0.4) is 0 Å². The van der Waals surface area contributed by atoms with Crippen LogP contribution in [0.2, 0.25) is 0 Å². The normalized spacial score (nSPS) is 7.57. The van der Waals surface area contributed by atoms with Crippen molar-refractivity contribution in [3.63, 3.8) is 0 Å². The van der Waals surface area contributed by atoms with Crippen molar-refractivity contribution in [3.8, 4) is 0 Å². The lowest BCUT2D eigenvalue weighted by Gasteiger charge is -1.65. The van der Waals surface area contributed by atoms with Crippen molar-refractivity contribution in [1.29, 1.82) is 0 Å². The van der Waals surface area contributed by atoms with Gasteiger partial charge in [0.05, 0.1) is 5.69 Å². The van der Waals surface area contributed by atoms with Gasteiger partial charge in [0.2, 0.25) is 0 Å². The molecule has 0 fully saturated rings. The van der Waals surface area contributed by atoms with Crippen LogP contribution in [0.1, 0.15) is 5.69 Å². The molecule has 7 heavy (non-hydrogen) atoms. The van der Waals surface area contributed by atoms with Gasteiger partial charge in [-0.15, -0.1) is 12.4 Å². The second-order valence-electron chi connectivity index (χ2n) is 1.22. The molecule has 0 saturated carbocycles.